The predicted molar refractivity (Wildman–Crippen MR) is 125 cm³/mol. The monoisotopic (exact) mass is 516 g/mol. The van der Waals surface area contributed by atoms with Crippen molar-refractivity contribution in [2.24, 2.45) is 0 Å². The number of aromatic nitrogens is 2. The lowest BCUT2D eigenvalue weighted by atomic mass is 10.1. The van der Waals surface area contributed by atoms with E-state index in [2.05, 4.69) is 9.88 Å². The minimum absolute atomic E-state index is 0.0352. The summed E-state index contributed by atoms with van der Waals surface area (Å²) in [5.41, 5.74) is -0.683. The van der Waals surface area contributed by atoms with Crippen molar-refractivity contribution in [1.29, 1.82) is 5.26 Å². The zero-order chi connectivity index (χ0) is 25.4. The van der Waals surface area contributed by atoms with Crippen molar-refractivity contribution >= 4 is 17.4 Å². The molecule has 1 saturated carbocycles. The Hall–Kier alpha value is -3.71. The maximum absolute atomic E-state index is 13.1. The van der Waals surface area contributed by atoms with Crippen LogP contribution in [0.5, 0.6) is 17.4 Å². The number of alkyl halides is 3. The van der Waals surface area contributed by atoms with Gasteiger partial charge in [0.1, 0.15) is 30.0 Å². The van der Waals surface area contributed by atoms with E-state index in [9.17, 15) is 23.2 Å². The van der Waals surface area contributed by atoms with Crippen LogP contribution in [-0.2, 0) is 19.3 Å². The third kappa shape index (κ3) is 4.97. The highest BCUT2D eigenvalue weighted by Crippen LogP contribution is 2.38. The molecule has 0 spiro atoms. The van der Waals surface area contributed by atoms with Gasteiger partial charge in [-0.15, -0.1) is 0 Å². The fourth-order valence-corrected chi connectivity index (χ4v) is 4.40. The molecule has 1 aromatic heterocycles. The standard InChI is InChI=1S/C25H20ClF3N4O3/c26-20-6-5-18(11-19(20)25(27,28)29)36-21-7-2-15(10-16(21)13-30)14-35-22-12-23-32(17-3-4-17)8-1-9-33(23)24(34)31-22/h2,5-7,10-12,17H,1,3-4,8-9,14H2. The van der Waals surface area contributed by atoms with E-state index in [1.807, 2.05) is 6.07 Å². The Kier molecular flexibility index (Phi) is 6.26. The van der Waals surface area contributed by atoms with Gasteiger partial charge in [-0.1, -0.05) is 17.7 Å². The second-order valence-electron chi connectivity index (χ2n) is 8.64. The number of benzene rings is 2. The van der Waals surface area contributed by atoms with Gasteiger partial charge in [-0.3, -0.25) is 4.57 Å². The van der Waals surface area contributed by atoms with Gasteiger partial charge in [-0.2, -0.15) is 23.4 Å². The van der Waals surface area contributed by atoms with Gasteiger partial charge < -0.3 is 14.4 Å². The lowest BCUT2D eigenvalue weighted by Crippen LogP contribution is -2.39. The molecule has 0 radical (unpaired) electrons. The number of hydrogen-bond donors (Lipinski definition) is 0. The second kappa shape index (κ2) is 9.39. The van der Waals surface area contributed by atoms with Crippen molar-refractivity contribution in [3.8, 4) is 23.4 Å². The summed E-state index contributed by atoms with van der Waals surface area (Å²) in [4.78, 5) is 18.8. The molecule has 2 aliphatic rings. The SMILES string of the molecule is N#Cc1cc(COc2cc3n(c(=O)n2)CCCN3C2CC2)ccc1Oc1ccc(Cl)c(C(F)(F)F)c1. The topological polar surface area (TPSA) is 80.4 Å². The van der Waals surface area contributed by atoms with Gasteiger partial charge in [0.25, 0.3) is 0 Å². The fraction of sp³-hybridized carbons (Fsp3) is 0.320. The Morgan fingerprint density at radius 1 is 1.14 bits per heavy atom. The molecule has 0 saturated heterocycles. The van der Waals surface area contributed by atoms with Crippen LogP contribution in [0.25, 0.3) is 0 Å². The van der Waals surface area contributed by atoms with Crippen molar-refractivity contribution in [3.63, 3.8) is 0 Å². The molecule has 36 heavy (non-hydrogen) atoms. The van der Waals surface area contributed by atoms with E-state index in [4.69, 9.17) is 21.1 Å². The van der Waals surface area contributed by atoms with Gasteiger partial charge in [0.15, 0.2) is 0 Å². The largest absolute Gasteiger partial charge is 0.473 e. The quantitative estimate of drug-likeness (QED) is 0.428. The molecule has 0 amide bonds. The van der Waals surface area contributed by atoms with E-state index in [-0.39, 0.29) is 35.2 Å². The van der Waals surface area contributed by atoms with Crippen LogP contribution in [0.1, 0.15) is 36.0 Å². The molecule has 186 valence electrons. The smallest absolute Gasteiger partial charge is 0.417 e. The summed E-state index contributed by atoms with van der Waals surface area (Å²) in [6.45, 7) is 1.54. The summed E-state index contributed by atoms with van der Waals surface area (Å²) in [5, 5.41) is 9.11. The van der Waals surface area contributed by atoms with Gasteiger partial charge in [-0.05, 0) is 55.2 Å². The van der Waals surface area contributed by atoms with Crippen LogP contribution < -0.4 is 20.1 Å². The first kappa shape index (κ1) is 24.0. The summed E-state index contributed by atoms with van der Waals surface area (Å²) < 4.78 is 52.4. The van der Waals surface area contributed by atoms with Crippen molar-refractivity contribution in [1.82, 2.24) is 9.55 Å². The highest BCUT2D eigenvalue weighted by Gasteiger charge is 2.34. The zero-order valence-electron chi connectivity index (χ0n) is 18.9. The Morgan fingerprint density at radius 2 is 1.94 bits per heavy atom. The first-order chi connectivity index (χ1) is 17.2. The number of hydrogen-bond acceptors (Lipinski definition) is 6. The Balaban J connectivity index is 1.33. The van der Waals surface area contributed by atoms with Gasteiger partial charge >= 0.3 is 11.9 Å². The van der Waals surface area contributed by atoms with Crippen LogP contribution >= 0.6 is 11.6 Å². The Bertz CT molecular complexity index is 1410. The highest BCUT2D eigenvalue weighted by molar-refractivity contribution is 6.31. The molecule has 1 aliphatic carbocycles. The molecule has 0 N–H and O–H groups in total. The Labute approximate surface area is 209 Å². The van der Waals surface area contributed by atoms with Gasteiger partial charge in [-0.25, -0.2) is 4.79 Å². The molecule has 0 bridgehead atoms. The molecule has 1 fully saturated rings. The average Bonchev–Trinajstić information content (AvgIpc) is 3.69. The Morgan fingerprint density at radius 3 is 2.67 bits per heavy atom. The predicted octanol–water partition coefficient (Wildman–Crippen LogP) is 5.53. The minimum Gasteiger partial charge on any atom is -0.473 e. The molecule has 0 atom stereocenters. The van der Waals surface area contributed by atoms with Crippen molar-refractivity contribution < 1.29 is 22.6 Å². The number of rotatable bonds is 6. The van der Waals surface area contributed by atoms with Crippen LogP contribution in [0, 0.1) is 11.3 Å². The summed E-state index contributed by atoms with van der Waals surface area (Å²) >= 11 is 5.65. The minimum atomic E-state index is -4.64. The first-order valence-corrected chi connectivity index (χ1v) is 11.7. The third-order valence-corrected chi connectivity index (χ3v) is 6.38. The lowest BCUT2D eigenvalue weighted by Gasteiger charge is -2.31. The number of anilines is 1. The molecular formula is C25H20ClF3N4O3. The first-order valence-electron chi connectivity index (χ1n) is 11.3. The fourth-order valence-electron chi connectivity index (χ4n) is 4.18. The molecule has 2 aromatic carbocycles. The van der Waals surface area contributed by atoms with Crippen LogP contribution in [0.4, 0.5) is 19.0 Å². The van der Waals surface area contributed by atoms with Crippen LogP contribution in [0.3, 0.4) is 0 Å². The summed E-state index contributed by atoms with van der Waals surface area (Å²) in [5.74, 6) is 0.980. The maximum Gasteiger partial charge on any atom is 0.417 e. The van der Waals surface area contributed by atoms with Crippen molar-refractivity contribution in [3.05, 3.63) is 74.7 Å². The maximum atomic E-state index is 13.1. The van der Waals surface area contributed by atoms with E-state index in [1.54, 1.807) is 16.7 Å². The molecule has 0 unspecified atom stereocenters. The van der Waals surface area contributed by atoms with E-state index < -0.39 is 16.8 Å². The van der Waals surface area contributed by atoms with Gasteiger partial charge in [0, 0.05) is 25.2 Å². The summed E-state index contributed by atoms with van der Waals surface area (Å²) in [6, 6.07) is 12.0. The second-order valence-corrected chi connectivity index (χ2v) is 9.04. The van der Waals surface area contributed by atoms with Crippen molar-refractivity contribution in [2.75, 3.05) is 11.4 Å². The van der Waals surface area contributed by atoms with Gasteiger partial charge in [0.2, 0.25) is 5.88 Å². The summed E-state index contributed by atoms with van der Waals surface area (Å²) in [7, 11) is 0. The third-order valence-electron chi connectivity index (χ3n) is 6.05. The van der Waals surface area contributed by atoms with Crippen LogP contribution in [0.2, 0.25) is 5.02 Å². The molecule has 2 heterocycles. The molecular weight excluding hydrogens is 497 g/mol. The highest BCUT2D eigenvalue weighted by atomic mass is 35.5. The summed E-state index contributed by atoms with van der Waals surface area (Å²) in [6.07, 6.45) is -1.54. The van der Waals surface area contributed by atoms with Gasteiger partial charge in [0.05, 0.1) is 16.1 Å². The van der Waals surface area contributed by atoms with E-state index in [0.717, 1.165) is 43.8 Å². The van der Waals surface area contributed by atoms with Crippen molar-refractivity contribution in [2.45, 2.75) is 44.6 Å². The molecule has 11 heteroatoms. The van der Waals surface area contributed by atoms with E-state index in [0.29, 0.717) is 18.2 Å². The molecule has 3 aromatic rings. The average molecular weight is 517 g/mol. The number of ether oxygens (including phenoxy) is 2. The number of nitriles is 1. The molecule has 5 rings (SSSR count). The normalized spacial score (nSPS) is 15.2. The van der Waals surface area contributed by atoms with Crippen LogP contribution in [0.15, 0.2) is 47.3 Å². The zero-order valence-corrected chi connectivity index (χ0v) is 19.6. The number of nitrogens with zero attached hydrogens (tertiary/aromatic N) is 4. The molecule has 1 aliphatic heterocycles. The number of fused-ring (bicyclic) bond motifs is 1. The molecule has 7 nitrogen and oxygen atoms in total. The number of halogens is 4. The van der Waals surface area contributed by atoms with Crippen LogP contribution in [-0.4, -0.2) is 22.1 Å². The van der Waals surface area contributed by atoms with E-state index >= 15 is 0 Å². The van der Waals surface area contributed by atoms with E-state index in [1.165, 1.54) is 18.2 Å². The lowest BCUT2D eigenvalue weighted by molar-refractivity contribution is -0.137.